The number of aliphatic imine (C=N–C) groups is 1. The van der Waals surface area contributed by atoms with Crippen molar-refractivity contribution >= 4 is 40.7 Å². The van der Waals surface area contributed by atoms with Crippen LogP contribution in [0.3, 0.4) is 0 Å². The van der Waals surface area contributed by atoms with Gasteiger partial charge in [0.25, 0.3) is 0 Å². The summed E-state index contributed by atoms with van der Waals surface area (Å²) in [7, 11) is 1.79. The van der Waals surface area contributed by atoms with Gasteiger partial charge in [0.15, 0.2) is 5.96 Å². The fourth-order valence-corrected chi connectivity index (χ4v) is 2.83. The number of rotatable bonds is 4. The van der Waals surface area contributed by atoms with Crippen LogP contribution in [0.4, 0.5) is 0 Å². The van der Waals surface area contributed by atoms with Crippen LogP contribution in [0.2, 0.25) is 0 Å². The molecule has 3 aromatic rings. The third-order valence-corrected chi connectivity index (χ3v) is 4.39. The van der Waals surface area contributed by atoms with Gasteiger partial charge in [-0.15, -0.1) is 24.0 Å². The highest BCUT2D eigenvalue weighted by Gasteiger charge is 2.09. The van der Waals surface area contributed by atoms with Crippen LogP contribution in [-0.4, -0.2) is 18.0 Å². The van der Waals surface area contributed by atoms with Gasteiger partial charge in [-0.25, -0.2) is 0 Å². The van der Waals surface area contributed by atoms with E-state index in [1.165, 1.54) is 21.9 Å². The third-order valence-electron chi connectivity index (χ3n) is 4.39. The standard InChI is InChI=1S/C21H24N4.HI/c1-15-7-6-12-23-20(15)14-24-21(22-3)25-16(2)18-11-10-17-8-4-5-9-19(17)13-18;/h4-13,16H,14H2,1-3H3,(H2,22,24,25);1H. The summed E-state index contributed by atoms with van der Waals surface area (Å²) in [5, 5.41) is 9.30. The molecule has 0 aliphatic heterocycles. The lowest BCUT2D eigenvalue weighted by atomic mass is 10.0. The fraction of sp³-hybridized carbons (Fsp3) is 0.238. The van der Waals surface area contributed by atoms with Gasteiger partial charge < -0.3 is 10.6 Å². The van der Waals surface area contributed by atoms with E-state index >= 15 is 0 Å². The first kappa shape index (κ1) is 20.2. The van der Waals surface area contributed by atoms with E-state index in [2.05, 4.69) is 83.0 Å². The van der Waals surface area contributed by atoms with Crippen LogP contribution in [0.1, 0.15) is 29.8 Å². The van der Waals surface area contributed by atoms with Gasteiger partial charge in [0.1, 0.15) is 0 Å². The first-order valence-corrected chi connectivity index (χ1v) is 8.54. The topological polar surface area (TPSA) is 49.3 Å². The molecule has 0 aliphatic rings. The Morgan fingerprint density at radius 3 is 2.58 bits per heavy atom. The van der Waals surface area contributed by atoms with Crippen LogP contribution in [0.5, 0.6) is 0 Å². The molecule has 3 rings (SSSR count). The molecule has 136 valence electrons. The second kappa shape index (κ2) is 9.52. The molecule has 4 nitrogen and oxygen atoms in total. The SMILES string of the molecule is CN=C(NCc1ncccc1C)NC(C)c1ccc2ccccc2c1.I. The second-order valence-electron chi connectivity index (χ2n) is 6.17. The molecule has 0 spiro atoms. The van der Waals surface area contributed by atoms with Gasteiger partial charge in [-0.2, -0.15) is 0 Å². The van der Waals surface area contributed by atoms with Gasteiger partial charge in [0, 0.05) is 13.2 Å². The monoisotopic (exact) mass is 460 g/mol. The highest BCUT2D eigenvalue weighted by atomic mass is 127. The molecule has 0 saturated heterocycles. The molecule has 2 aromatic carbocycles. The molecule has 0 saturated carbocycles. The number of pyridine rings is 1. The largest absolute Gasteiger partial charge is 0.351 e. The van der Waals surface area contributed by atoms with E-state index in [1.54, 1.807) is 7.05 Å². The number of nitrogens with one attached hydrogen (secondary N) is 2. The lowest BCUT2D eigenvalue weighted by molar-refractivity contribution is 0.683. The average Bonchev–Trinajstić information content (AvgIpc) is 2.65. The van der Waals surface area contributed by atoms with Crippen molar-refractivity contribution in [3.8, 4) is 0 Å². The van der Waals surface area contributed by atoms with E-state index in [0.717, 1.165) is 11.7 Å². The van der Waals surface area contributed by atoms with E-state index in [0.29, 0.717) is 6.54 Å². The summed E-state index contributed by atoms with van der Waals surface area (Å²) in [6.45, 7) is 4.86. The Morgan fingerprint density at radius 2 is 1.85 bits per heavy atom. The molecule has 0 radical (unpaired) electrons. The minimum absolute atomic E-state index is 0. The Bertz CT molecular complexity index is 892. The maximum atomic E-state index is 4.41. The van der Waals surface area contributed by atoms with E-state index in [4.69, 9.17) is 0 Å². The lowest BCUT2D eigenvalue weighted by Crippen LogP contribution is -2.38. The molecule has 0 amide bonds. The van der Waals surface area contributed by atoms with E-state index in [-0.39, 0.29) is 30.0 Å². The number of aromatic nitrogens is 1. The Labute approximate surface area is 172 Å². The maximum Gasteiger partial charge on any atom is 0.191 e. The molecule has 0 aliphatic carbocycles. The normalized spacial score (nSPS) is 12.3. The number of fused-ring (bicyclic) bond motifs is 1. The summed E-state index contributed by atoms with van der Waals surface area (Å²) < 4.78 is 0. The van der Waals surface area contributed by atoms with Crippen molar-refractivity contribution in [3.05, 3.63) is 77.6 Å². The van der Waals surface area contributed by atoms with Crippen molar-refractivity contribution in [3.63, 3.8) is 0 Å². The smallest absolute Gasteiger partial charge is 0.191 e. The van der Waals surface area contributed by atoms with E-state index < -0.39 is 0 Å². The minimum Gasteiger partial charge on any atom is -0.351 e. The van der Waals surface area contributed by atoms with Crippen molar-refractivity contribution in [2.45, 2.75) is 26.4 Å². The first-order chi connectivity index (χ1) is 12.2. The Kier molecular flexibility index (Phi) is 7.38. The van der Waals surface area contributed by atoms with Gasteiger partial charge in [-0.05, 0) is 47.9 Å². The number of benzene rings is 2. The van der Waals surface area contributed by atoms with Crippen LogP contribution >= 0.6 is 24.0 Å². The number of aryl methyl sites for hydroxylation is 1. The third kappa shape index (κ3) is 4.94. The molecule has 1 heterocycles. The molecule has 1 unspecified atom stereocenters. The van der Waals surface area contributed by atoms with Crippen LogP contribution in [0.25, 0.3) is 10.8 Å². The zero-order valence-corrected chi connectivity index (χ0v) is 17.7. The molecule has 2 N–H and O–H groups in total. The van der Waals surface area contributed by atoms with Gasteiger partial charge in [0.2, 0.25) is 0 Å². The Morgan fingerprint density at radius 1 is 1.08 bits per heavy atom. The van der Waals surface area contributed by atoms with Crippen LogP contribution < -0.4 is 10.6 Å². The molecule has 26 heavy (non-hydrogen) atoms. The summed E-state index contributed by atoms with van der Waals surface area (Å²) in [6, 6.07) is 19.1. The van der Waals surface area contributed by atoms with Crippen LogP contribution in [-0.2, 0) is 6.54 Å². The summed E-state index contributed by atoms with van der Waals surface area (Å²) >= 11 is 0. The predicted molar refractivity (Wildman–Crippen MR) is 120 cm³/mol. The Balaban J connectivity index is 0.00000243. The lowest BCUT2D eigenvalue weighted by Gasteiger charge is -2.19. The summed E-state index contributed by atoms with van der Waals surface area (Å²) in [5.41, 5.74) is 3.44. The van der Waals surface area contributed by atoms with Crippen molar-refractivity contribution in [2.24, 2.45) is 4.99 Å². The van der Waals surface area contributed by atoms with Crippen molar-refractivity contribution in [1.82, 2.24) is 15.6 Å². The van der Waals surface area contributed by atoms with Gasteiger partial charge in [0.05, 0.1) is 18.3 Å². The summed E-state index contributed by atoms with van der Waals surface area (Å²) in [4.78, 5) is 8.74. The molecule has 1 atom stereocenters. The Hall–Kier alpha value is -2.15. The van der Waals surface area contributed by atoms with Crippen molar-refractivity contribution < 1.29 is 0 Å². The number of hydrogen-bond donors (Lipinski definition) is 2. The molecule has 1 aromatic heterocycles. The van der Waals surface area contributed by atoms with Crippen LogP contribution in [0, 0.1) is 6.92 Å². The quantitative estimate of drug-likeness (QED) is 0.340. The minimum atomic E-state index is 0. The zero-order valence-electron chi connectivity index (χ0n) is 15.4. The number of guanidine groups is 1. The van der Waals surface area contributed by atoms with Crippen LogP contribution in [0.15, 0.2) is 65.8 Å². The zero-order chi connectivity index (χ0) is 17.6. The maximum absolute atomic E-state index is 4.41. The van der Waals surface area contributed by atoms with E-state index in [9.17, 15) is 0 Å². The van der Waals surface area contributed by atoms with Gasteiger partial charge in [-0.1, -0.05) is 42.5 Å². The highest BCUT2D eigenvalue weighted by Crippen LogP contribution is 2.20. The molecular formula is C21H25IN4. The average molecular weight is 460 g/mol. The number of nitrogens with zero attached hydrogens (tertiary/aromatic N) is 2. The summed E-state index contributed by atoms with van der Waals surface area (Å²) in [5.74, 6) is 0.769. The molecular weight excluding hydrogens is 435 g/mol. The first-order valence-electron chi connectivity index (χ1n) is 8.54. The fourth-order valence-electron chi connectivity index (χ4n) is 2.83. The second-order valence-corrected chi connectivity index (χ2v) is 6.17. The predicted octanol–water partition coefficient (Wildman–Crippen LogP) is 4.59. The molecule has 5 heteroatoms. The summed E-state index contributed by atoms with van der Waals surface area (Å²) in [6.07, 6.45) is 1.82. The van der Waals surface area contributed by atoms with E-state index in [1.807, 2.05) is 12.3 Å². The number of hydrogen-bond acceptors (Lipinski definition) is 2. The van der Waals surface area contributed by atoms with Gasteiger partial charge in [-0.3, -0.25) is 9.98 Å². The number of halogens is 1. The molecule has 0 fully saturated rings. The van der Waals surface area contributed by atoms with Gasteiger partial charge >= 0.3 is 0 Å². The highest BCUT2D eigenvalue weighted by molar-refractivity contribution is 14.0. The molecule has 0 bridgehead atoms. The van der Waals surface area contributed by atoms with Crippen molar-refractivity contribution in [2.75, 3.05) is 7.05 Å². The van der Waals surface area contributed by atoms with Crippen molar-refractivity contribution in [1.29, 1.82) is 0 Å².